The lowest BCUT2D eigenvalue weighted by atomic mass is 10.1. The maximum atomic E-state index is 12.2. The zero-order valence-electron chi connectivity index (χ0n) is 9.05. The molecule has 0 radical (unpaired) electrons. The average Bonchev–Trinajstić information content (AvgIpc) is 2.29. The second-order valence-electron chi connectivity index (χ2n) is 3.01. The molecule has 5 nitrogen and oxygen atoms in total. The molecule has 9 heteroatoms. The number of carbonyl (C=O) groups excluding carboxylic acids is 1. The van der Waals surface area contributed by atoms with Crippen LogP contribution in [0.2, 0.25) is 0 Å². The number of esters is 1. The predicted octanol–water partition coefficient (Wildman–Crippen LogP) is 1.83. The summed E-state index contributed by atoms with van der Waals surface area (Å²) in [5.41, 5.74) is 5.09. The first-order valence-electron chi connectivity index (χ1n) is 4.51. The van der Waals surface area contributed by atoms with Gasteiger partial charge in [-0.3, -0.25) is 0 Å². The largest absolute Gasteiger partial charge is 0.573 e. The van der Waals surface area contributed by atoms with Gasteiger partial charge >= 0.3 is 12.3 Å². The van der Waals surface area contributed by atoms with Crippen LogP contribution in [0.3, 0.4) is 0 Å². The zero-order valence-corrected chi connectivity index (χ0v) is 11.2. The Morgan fingerprint density at radius 1 is 1.56 bits per heavy atom. The smallest absolute Gasteiger partial charge is 0.465 e. The van der Waals surface area contributed by atoms with Crippen LogP contribution in [0.4, 0.5) is 13.2 Å². The maximum Gasteiger partial charge on any atom is 0.573 e. The lowest BCUT2D eigenvalue weighted by Gasteiger charge is -2.15. The van der Waals surface area contributed by atoms with Gasteiger partial charge in [0, 0.05) is 18.3 Å². The van der Waals surface area contributed by atoms with Gasteiger partial charge in [-0.05, 0) is 22.6 Å². The summed E-state index contributed by atoms with van der Waals surface area (Å²) < 4.78 is 44.9. The molecule has 0 aliphatic heterocycles. The van der Waals surface area contributed by atoms with Gasteiger partial charge < -0.3 is 15.2 Å². The molecule has 1 heterocycles. The van der Waals surface area contributed by atoms with Crippen molar-refractivity contribution in [1.82, 2.24) is 4.98 Å². The number of nitrogens with two attached hydrogens (primary N) is 1. The third kappa shape index (κ3) is 3.45. The summed E-state index contributed by atoms with van der Waals surface area (Å²) in [5, 5.41) is 0. The molecule has 0 saturated heterocycles. The molecule has 1 aromatic rings. The molecular weight excluding hydrogens is 368 g/mol. The van der Waals surface area contributed by atoms with Gasteiger partial charge in [0.25, 0.3) is 0 Å². The predicted molar refractivity (Wildman–Crippen MR) is 62.9 cm³/mol. The summed E-state index contributed by atoms with van der Waals surface area (Å²) in [6.07, 6.45) is -3.79. The lowest BCUT2D eigenvalue weighted by molar-refractivity contribution is -0.275. The van der Waals surface area contributed by atoms with Gasteiger partial charge in [-0.15, -0.1) is 13.2 Å². The van der Waals surface area contributed by atoms with Crippen LogP contribution >= 0.6 is 22.6 Å². The van der Waals surface area contributed by atoms with Gasteiger partial charge in [0.15, 0.2) is 5.75 Å². The molecule has 1 aromatic heterocycles. The topological polar surface area (TPSA) is 74.4 Å². The van der Waals surface area contributed by atoms with Gasteiger partial charge in [-0.1, -0.05) is 0 Å². The van der Waals surface area contributed by atoms with Crippen molar-refractivity contribution in [3.05, 3.63) is 21.0 Å². The molecule has 0 aliphatic carbocycles. The van der Waals surface area contributed by atoms with Crippen LogP contribution in [0.5, 0.6) is 5.75 Å². The molecule has 0 aromatic carbocycles. The van der Waals surface area contributed by atoms with Crippen LogP contribution in [0.1, 0.15) is 15.9 Å². The van der Waals surface area contributed by atoms with E-state index in [4.69, 9.17) is 5.73 Å². The van der Waals surface area contributed by atoms with Gasteiger partial charge in [0.2, 0.25) is 0 Å². The van der Waals surface area contributed by atoms with E-state index in [0.29, 0.717) is 0 Å². The highest BCUT2D eigenvalue weighted by molar-refractivity contribution is 14.1. The Bertz CT molecular complexity index is 465. The maximum absolute atomic E-state index is 12.2. The van der Waals surface area contributed by atoms with E-state index < -0.39 is 18.1 Å². The first kappa shape index (κ1) is 15.0. The van der Waals surface area contributed by atoms with Crippen LogP contribution < -0.4 is 10.5 Å². The van der Waals surface area contributed by atoms with E-state index in [2.05, 4.69) is 14.5 Å². The number of rotatable bonds is 3. The van der Waals surface area contributed by atoms with Gasteiger partial charge in [0.1, 0.15) is 3.70 Å². The number of alkyl halides is 3. The summed E-state index contributed by atoms with van der Waals surface area (Å²) in [5.74, 6) is -1.40. The van der Waals surface area contributed by atoms with Crippen molar-refractivity contribution in [3.8, 4) is 5.75 Å². The molecule has 0 atom stereocenters. The first-order valence-corrected chi connectivity index (χ1v) is 5.59. The number of hydrogen-bond donors (Lipinski definition) is 1. The van der Waals surface area contributed by atoms with Crippen molar-refractivity contribution < 1.29 is 27.4 Å². The average molecular weight is 376 g/mol. The Balaban J connectivity index is 3.35. The summed E-state index contributed by atoms with van der Waals surface area (Å²) in [7, 11) is 1.10. The van der Waals surface area contributed by atoms with Crippen molar-refractivity contribution in [2.75, 3.05) is 7.11 Å². The number of nitrogens with zero attached hydrogens (tertiary/aromatic N) is 1. The SMILES string of the molecule is COC(=O)c1cnc(I)c(OC(F)(F)F)c1CN. The zero-order chi connectivity index (χ0) is 13.9. The Kier molecular flexibility index (Phi) is 4.73. The van der Waals surface area contributed by atoms with Crippen LogP contribution in [-0.4, -0.2) is 24.4 Å². The van der Waals surface area contributed by atoms with E-state index >= 15 is 0 Å². The fraction of sp³-hybridized carbons (Fsp3) is 0.333. The fourth-order valence-corrected chi connectivity index (χ4v) is 1.79. The quantitative estimate of drug-likeness (QED) is 0.495. The Hall–Kier alpha value is -1.10. The Morgan fingerprint density at radius 3 is 2.61 bits per heavy atom. The number of ether oxygens (including phenoxy) is 2. The molecule has 0 fully saturated rings. The molecule has 0 bridgehead atoms. The number of methoxy groups -OCH3 is 1. The van der Waals surface area contributed by atoms with E-state index in [1.165, 1.54) is 0 Å². The van der Waals surface area contributed by atoms with E-state index in [0.717, 1.165) is 13.3 Å². The van der Waals surface area contributed by atoms with Crippen LogP contribution in [0.25, 0.3) is 0 Å². The van der Waals surface area contributed by atoms with E-state index in [9.17, 15) is 18.0 Å². The molecule has 100 valence electrons. The van der Waals surface area contributed by atoms with Crippen molar-refractivity contribution in [2.24, 2.45) is 5.73 Å². The monoisotopic (exact) mass is 376 g/mol. The highest BCUT2D eigenvalue weighted by atomic mass is 127. The van der Waals surface area contributed by atoms with E-state index in [1.807, 2.05) is 0 Å². The van der Waals surface area contributed by atoms with Crippen LogP contribution in [-0.2, 0) is 11.3 Å². The molecule has 0 unspecified atom stereocenters. The normalized spacial score (nSPS) is 11.2. The minimum atomic E-state index is -4.89. The number of aromatic nitrogens is 1. The van der Waals surface area contributed by atoms with Gasteiger partial charge in [-0.2, -0.15) is 0 Å². The highest BCUT2D eigenvalue weighted by Gasteiger charge is 2.34. The summed E-state index contributed by atoms with van der Waals surface area (Å²) in [6.45, 7) is -0.311. The van der Waals surface area contributed by atoms with Crippen LogP contribution in [0, 0.1) is 3.70 Å². The number of pyridine rings is 1. The second kappa shape index (κ2) is 5.69. The highest BCUT2D eigenvalue weighted by Crippen LogP contribution is 2.32. The number of carbonyl (C=O) groups is 1. The summed E-state index contributed by atoms with van der Waals surface area (Å²) in [4.78, 5) is 15.0. The molecule has 0 spiro atoms. The Labute approximate surface area is 114 Å². The third-order valence-corrected chi connectivity index (χ3v) is 2.69. The van der Waals surface area contributed by atoms with Crippen molar-refractivity contribution >= 4 is 28.6 Å². The fourth-order valence-electron chi connectivity index (χ4n) is 1.21. The molecular formula is C9H8F3IN2O3. The standard InChI is InChI=1S/C9H8F3IN2O3/c1-17-8(16)5-3-15-7(13)6(4(5)2-14)18-9(10,11)12/h3H,2,14H2,1H3. The minimum Gasteiger partial charge on any atom is -0.465 e. The first-order chi connectivity index (χ1) is 8.30. The van der Waals surface area contributed by atoms with Crippen molar-refractivity contribution in [3.63, 3.8) is 0 Å². The molecule has 1 rings (SSSR count). The van der Waals surface area contributed by atoms with Crippen molar-refractivity contribution in [2.45, 2.75) is 12.9 Å². The molecule has 18 heavy (non-hydrogen) atoms. The minimum absolute atomic E-state index is 0.0435. The van der Waals surface area contributed by atoms with Crippen LogP contribution in [0.15, 0.2) is 6.20 Å². The van der Waals surface area contributed by atoms with E-state index in [1.54, 1.807) is 22.6 Å². The lowest BCUT2D eigenvalue weighted by Crippen LogP contribution is -2.21. The second-order valence-corrected chi connectivity index (χ2v) is 4.04. The third-order valence-electron chi connectivity index (χ3n) is 1.92. The van der Waals surface area contributed by atoms with Crippen molar-refractivity contribution in [1.29, 1.82) is 0 Å². The summed E-state index contributed by atoms with van der Waals surface area (Å²) in [6, 6.07) is 0. The number of halogens is 4. The summed E-state index contributed by atoms with van der Waals surface area (Å²) >= 11 is 1.56. The number of hydrogen-bond acceptors (Lipinski definition) is 5. The molecule has 2 N–H and O–H groups in total. The molecule has 0 aliphatic rings. The van der Waals surface area contributed by atoms with Gasteiger partial charge in [0.05, 0.1) is 12.7 Å². The Morgan fingerprint density at radius 2 is 2.17 bits per heavy atom. The molecule has 0 saturated carbocycles. The van der Waals surface area contributed by atoms with E-state index in [-0.39, 0.29) is 21.4 Å². The van der Waals surface area contributed by atoms with Gasteiger partial charge in [-0.25, -0.2) is 9.78 Å². The molecule has 0 amide bonds.